The molecule has 1 aromatic carbocycles. The molecule has 0 unspecified atom stereocenters. The fraction of sp³-hybridized carbons (Fsp3) is 0.100. The van der Waals surface area contributed by atoms with E-state index in [-0.39, 0.29) is 0 Å². The Hall–Kier alpha value is -1.77. The average Bonchev–Trinajstić information content (AvgIpc) is 2.47. The highest BCUT2D eigenvalue weighted by Crippen LogP contribution is 2.23. The molecule has 1 heterocycles. The normalized spacial score (nSPS) is 10.5. The lowest BCUT2D eigenvalue weighted by molar-refractivity contribution is 0.112. The van der Waals surface area contributed by atoms with E-state index in [0.717, 1.165) is 22.8 Å². The molecule has 0 saturated heterocycles. The third-order valence-electron chi connectivity index (χ3n) is 2.17. The summed E-state index contributed by atoms with van der Waals surface area (Å²) < 4.78 is 0. The van der Waals surface area contributed by atoms with E-state index in [1.807, 2.05) is 19.1 Å². The molecule has 0 radical (unpaired) electrons. The number of aldehydes is 1. The molecule has 0 atom stereocenters. The predicted molar refractivity (Wildman–Crippen MR) is 52.8 cm³/mol. The van der Waals surface area contributed by atoms with E-state index >= 15 is 0 Å². The zero-order chi connectivity index (χ0) is 9.42. The Morgan fingerprint density at radius 3 is 2.92 bits per heavy atom. The van der Waals surface area contributed by atoms with Gasteiger partial charge in [-0.15, -0.1) is 0 Å². The van der Waals surface area contributed by atoms with Gasteiger partial charge in [-0.3, -0.25) is 4.79 Å². The summed E-state index contributed by atoms with van der Waals surface area (Å²) in [5, 5.41) is 0.896. The van der Waals surface area contributed by atoms with Crippen LogP contribution in [0.3, 0.4) is 0 Å². The highest BCUT2D eigenvalue weighted by molar-refractivity contribution is 5.99. The first-order valence-corrected chi connectivity index (χ1v) is 4.05. The summed E-state index contributed by atoms with van der Waals surface area (Å²) in [4.78, 5) is 13.7. The van der Waals surface area contributed by atoms with Crippen molar-refractivity contribution in [3.05, 3.63) is 29.5 Å². The summed E-state index contributed by atoms with van der Waals surface area (Å²) in [6.07, 6.45) is 2.53. The first kappa shape index (κ1) is 7.86. The maximum absolute atomic E-state index is 10.6. The SMILES string of the molecule is Cc1cc(N)cc2c(C=O)c[nH]c12. The highest BCUT2D eigenvalue weighted by atomic mass is 16.1. The lowest BCUT2D eigenvalue weighted by Gasteiger charge is -1.98. The molecule has 0 spiro atoms. The van der Waals surface area contributed by atoms with E-state index in [2.05, 4.69) is 4.98 Å². The molecule has 0 bridgehead atoms. The van der Waals surface area contributed by atoms with Crippen LogP contribution in [0.4, 0.5) is 5.69 Å². The number of hydrogen-bond donors (Lipinski definition) is 2. The first-order valence-electron chi connectivity index (χ1n) is 4.05. The van der Waals surface area contributed by atoms with Crippen LogP contribution in [0, 0.1) is 6.92 Å². The number of rotatable bonds is 1. The van der Waals surface area contributed by atoms with E-state index in [0.29, 0.717) is 11.3 Å². The van der Waals surface area contributed by atoms with E-state index in [9.17, 15) is 4.79 Å². The summed E-state index contributed by atoms with van der Waals surface area (Å²) in [6.45, 7) is 1.96. The van der Waals surface area contributed by atoms with Crippen molar-refractivity contribution >= 4 is 22.9 Å². The number of hydrogen-bond acceptors (Lipinski definition) is 2. The molecule has 3 heteroatoms. The van der Waals surface area contributed by atoms with Gasteiger partial charge >= 0.3 is 0 Å². The van der Waals surface area contributed by atoms with E-state index in [1.165, 1.54) is 0 Å². The van der Waals surface area contributed by atoms with E-state index in [4.69, 9.17) is 5.73 Å². The van der Waals surface area contributed by atoms with E-state index in [1.54, 1.807) is 6.20 Å². The number of aryl methyl sites for hydroxylation is 1. The molecular weight excluding hydrogens is 164 g/mol. The van der Waals surface area contributed by atoms with Gasteiger partial charge in [0.05, 0.1) is 0 Å². The maximum atomic E-state index is 10.6. The van der Waals surface area contributed by atoms with Crippen LogP contribution in [0.15, 0.2) is 18.3 Å². The van der Waals surface area contributed by atoms with Crippen LogP contribution in [0.25, 0.3) is 10.9 Å². The fourth-order valence-electron chi connectivity index (χ4n) is 1.56. The summed E-state index contributed by atoms with van der Waals surface area (Å²) >= 11 is 0. The van der Waals surface area contributed by atoms with Crippen LogP contribution in [0.5, 0.6) is 0 Å². The van der Waals surface area contributed by atoms with Gasteiger partial charge in [0.25, 0.3) is 0 Å². The van der Waals surface area contributed by atoms with Crippen molar-refractivity contribution in [3.8, 4) is 0 Å². The minimum Gasteiger partial charge on any atom is -0.399 e. The minimum atomic E-state index is 0.658. The van der Waals surface area contributed by atoms with Crippen LogP contribution >= 0.6 is 0 Å². The second-order valence-electron chi connectivity index (χ2n) is 3.12. The highest BCUT2D eigenvalue weighted by Gasteiger charge is 2.05. The average molecular weight is 174 g/mol. The smallest absolute Gasteiger partial charge is 0.152 e. The molecule has 3 N–H and O–H groups in total. The second-order valence-corrected chi connectivity index (χ2v) is 3.12. The number of aromatic amines is 1. The van der Waals surface area contributed by atoms with Gasteiger partial charge in [0, 0.05) is 28.4 Å². The Balaban J connectivity index is 2.89. The Labute approximate surface area is 75.6 Å². The van der Waals surface area contributed by atoms with Gasteiger partial charge in [-0.25, -0.2) is 0 Å². The molecule has 13 heavy (non-hydrogen) atoms. The van der Waals surface area contributed by atoms with Gasteiger partial charge in [0.2, 0.25) is 0 Å². The lowest BCUT2D eigenvalue weighted by atomic mass is 10.1. The molecule has 0 aliphatic carbocycles. The maximum Gasteiger partial charge on any atom is 0.152 e. The van der Waals surface area contributed by atoms with Gasteiger partial charge in [-0.05, 0) is 24.6 Å². The zero-order valence-electron chi connectivity index (χ0n) is 7.29. The number of H-pyrrole nitrogens is 1. The number of fused-ring (bicyclic) bond motifs is 1. The molecule has 0 fully saturated rings. The van der Waals surface area contributed by atoms with Crippen molar-refractivity contribution in [3.63, 3.8) is 0 Å². The number of aromatic nitrogens is 1. The van der Waals surface area contributed by atoms with Gasteiger partial charge < -0.3 is 10.7 Å². The van der Waals surface area contributed by atoms with Crippen molar-refractivity contribution in [1.29, 1.82) is 0 Å². The molecule has 0 saturated carbocycles. The molecule has 1 aromatic heterocycles. The molecular formula is C10H10N2O. The van der Waals surface area contributed by atoms with Gasteiger partial charge in [0.1, 0.15) is 0 Å². The topological polar surface area (TPSA) is 58.9 Å². The van der Waals surface area contributed by atoms with Gasteiger partial charge in [0.15, 0.2) is 6.29 Å². The molecule has 3 nitrogen and oxygen atoms in total. The number of anilines is 1. The summed E-state index contributed by atoms with van der Waals surface area (Å²) in [5.41, 5.74) is 9.06. The quantitative estimate of drug-likeness (QED) is 0.512. The summed E-state index contributed by atoms with van der Waals surface area (Å²) in [5.74, 6) is 0. The van der Waals surface area contributed by atoms with Crippen molar-refractivity contribution in [2.45, 2.75) is 6.92 Å². The van der Waals surface area contributed by atoms with Crippen LogP contribution in [-0.4, -0.2) is 11.3 Å². The van der Waals surface area contributed by atoms with Crippen molar-refractivity contribution in [1.82, 2.24) is 4.98 Å². The molecule has 2 rings (SSSR count). The van der Waals surface area contributed by atoms with Gasteiger partial charge in [-0.1, -0.05) is 0 Å². The minimum absolute atomic E-state index is 0.658. The van der Waals surface area contributed by atoms with Crippen LogP contribution in [0.1, 0.15) is 15.9 Å². The van der Waals surface area contributed by atoms with E-state index < -0.39 is 0 Å². The lowest BCUT2D eigenvalue weighted by Crippen LogP contribution is -1.87. The fourth-order valence-corrected chi connectivity index (χ4v) is 1.56. The number of nitrogens with two attached hydrogens (primary N) is 1. The first-order chi connectivity index (χ1) is 6.22. The van der Waals surface area contributed by atoms with Crippen molar-refractivity contribution in [2.24, 2.45) is 0 Å². The Morgan fingerprint density at radius 1 is 1.46 bits per heavy atom. The molecule has 0 aliphatic rings. The number of carbonyl (C=O) groups excluding carboxylic acids is 1. The van der Waals surface area contributed by atoms with Crippen LogP contribution < -0.4 is 5.73 Å². The third kappa shape index (κ3) is 1.09. The van der Waals surface area contributed by atoms with Crippen molar-refractivity contribution < 1.29 is 4.79 Å². The molecule has 0 amide bonds. The number of benzene rings is 1. The summed E-state index contributed by atoms with van der Waals surface area (Å²) in [7, 11) is 0. The molecule has 0 aliphatic heterocycles. The Bertz CT molecular complexity index is 471. The third-order valence-corrected chi connectivity index (χ3v) is 2.17. The number of nitrogens with one attached hydrogen (secondary N) is 1. The van der Waals surface area contributed by atoms with Crippen LogP contribution in [-0.2, 0) is 0 Å². The van der Waals surface area contributed by atoms with Gasteiger partial charge in [-0.2, -0.15) is 0 Å². The Kier molecular flexibility index (Phi) is 1.59. The largest absolute Gasteiger partial charge is 0.399 e. The number of nitrogen functional groups attached to an aromatic ring is 1. The molecule has 66 valence electrons. The number of carbonyl (C=O) groups is 1. The second kappa shape index (κ2) is 2.62. The monoisotopic (exact) mass is 174 g/mol. The molecule has 2 aromatic rings. The summed E-state index contributed by atoms with van der Waals surface area (Å²) in [6, 6.07) is 3.69. The standard InChI is InChI=1S/C10H10N2O/c1-6-2-8(11)3-9-7(5-13)4-12-10(6)9/h2-5,12H,11H2,1H3. The van der Waals surface area contributed by atoms with Crippen molar-refractivity contribution in [2.75, 3.05) is 5.73 Å². The predicted octanol–water partition coefficient (Wildman–Crippen LogP) is 1.87. The Morgan fingerprint density at radius 2 is 2.23 bits per heavy atom. The zero-order valence-corrected chi connectivity index (χ0v) is 7.29. The van der Waals surface area contributed by atoms with Crippen LogP contribution in [0.2, 0.25) is 0 Å².